The van der Waals surface area contributed by atoms with Gasteiger partial charge in [0.15, 0.2) is 0 Å². The zero-order valence-corrected chi connectivity index (χ0v) is 16.3. The number of rotatable bonds is 4. The second kappa shape index (κ2) is 7.94. The molecule has 0 amide bonds. The molecule has 2 aromatic carbocycles. The van der Waals surface area contributed by atoms with Crippen LogP contribution in [0.5, 0.6) is 5.75 Å². The molecule has 0 aliphatic carbocycles. The fraction of sp³-hybridized carbons (Fsp3) is 0.238. The van der Waals surface area contributed by atoms with Crippen LogP contribution in [0.2, 0.25) is 5.02 Å². The molecule has 0 bridgehead atoms. The predicted octanol–water partition coefficient (Wildman–Crippen LogP) is 3.22. The van der Waals surface area contributed by atoms with Crippen molar-refractivity contribution in [3.63, 3.8) is 0 Å². The summed E-state index contributed by atoms with van der Waals surface area (Å²) in [5.74, 6) is 0.847. The molecule has 0 N–H and O–H groups in total. The van der Waals surface area contributed by atoms with Crippen LogP contribution in [0.15, 0.2) is 65.6 Å². The molecule has 1 aliphatic heterocycles. The third kappa shape index (κ3) is 3.55. The maximum Gasteiger partial charge on any atom is 0.292 e. The van der Waals surface area contributed by atoms with Crippen molar-refractivity contribution in [3.8, 4) is 11.4 Å². The second-order valence-electron chi connectivity index (χ2n) is 6.57. The van der Waals surface area contributed by atoms with E-state index in [9.17, 15) is 4.79 Å². The maximum atomic E-state index is 12.7. The van der Waals surface area contributed by atoms with Gasteiger partial charge in [-0.3, -0.25) is 4.79 Å². The first-order valence-corrected chi connectivity index (χ1v) is 9.52. The Kier molecular flexibility index (Phi) is 5.21. The molecule has 0 unspecified atom stereocenters. The molecular formula is C21H21ClN4O2. The molecule has 1 aromatic heterocycles. The summed E-state index contributed by atoms with van der Waals surface area (Å²) in [5, 5.41) is 4.54. The molecular weight excluding hydrogens is 376 g/mol. The first kappa shape index (κ1) is 18.4. The maximum absolute atomic E-state index is 12.7. The van der Waals surface area contributed by atoms with E-state index in [0.29, 0.717) is 11.4 Å². The molecule has 144 valence electrons. The van der Waals surface area contributed by atoms with Crippen molar-refractivity contribution in [2.45, 2.75) is 0 Å². The highest BCUT2D eigenvalue weighted by atomic mass is 35.5. The largest absolute Gasteiger partial charge is 0.497 e. The minimum absolute atomic E-state index is 0.205. The zero-order valence-electron chi connectivity index (χ0n) is 15.6. The number of para-hydroxylation sites is 1. The number of piperazine rings is 1. The summed E-state index contributed by atoms with van der Waals surface area (Å²) >= 11 is 6.43. The highest BCUT2D eigenvalue weighted by Crippen LogP contribution is 2.25. The molecule has 1 saturated heterocycles. The van der Waals surface area contributed by atoms with Crippen molar-refractivity contribution in [1.29, 1.82) is 0 Å². The van der Waals surface area contributed by atoms with Gasteiger partial charge in [-0.1, -0.05) is 29.8 Å². The van der Waals surface area contributed by atoms with Crippen molar-refractivity contribution in [2.75, 3.05) is 43.1 Å². The van der Waals surface area contributed by atoms with Gasteiger partial charge < -0.3 is 14.5 Å². The van der Waals surface area contributed by atoms with E-state index >= 15 is 0 Å². The molecule has 1 aliphatic rings. The molecule has 1 fully saturated rings. The van der Waals surface area contributed by atoms with E-state index < -0.39 is 0 Å². The average Bonchev–Trinajstić information content (AvgIpc) is 2.76. The second-order valence-corrected chi connectivity index (χ2v) is 6.95. The fourth-order valence-electron chi connectivity index (χ4n) is 3.40. The topological polar surface area (TPSA) is 50.6 Å². The van der Waals surface area contributed by atoms with Gasteiger partial charge in [0.25, 0.3) is 5.56 Å². The highest BCUT2D eigenvalue weighted by Gasteiger charge is 2.21. The Morgan fingerprint density at radius 3 is 2.18 bits per heavy atom. The van der Waals surface area contributed by atoms with Gasteiger partial charge in [0.05, 0.1) is 24.7 Å². The van der Waals surface area contributed by atoms with Gasteiger partial charge in [-0.25, -0.2) is 0 Å². The molecule has 0 atom stereocenters. The minimum atomic E-state index is -0.303. The third-order valence-electron chi connectivity index (χ3n) is 4.96. The first-order valence-electron chi connectivity index (χ1n) is 9.14. The molecule has 6 nitrogen and oxygen atoms in total. The molecule has 0 saturated carbocycles. The Morgan fingerprint density at radius 2 is 1.54 bits per heavy atom. The van der Waals surface area contributed by atoms with Crippen LogP contribution < -0.4 is 20.1 Å². The molecule has 28 heavy (non-hydrogen) atoms. The van der Waals surface area contributed by atoms with Gasteiger partial charge in [0, 0.05) is 31.9 Å². The van der Waals surface area contributed by atoms with E-state index in [-0.39, 0.29) is 10.6 Å². The van der Waals surface area contributed by atoms with Crippen LogP contribution in [0.25, 0.3) is 5.69 Å². The molecule has 4 rings (SSSR count). The normalized spacial score (nSPS) is 14.2. The lowest BCUT2D eigenvalue weighted by atomic mass is 10.2. The third-order valence-corrected chi connectivity index (χ3v) is 5.31. The van der Waals surface area contributed by atoms with E-state index in [1.54, 1.807) is 13.3 Å². The number of hydrogen-bond acceptors (Lipinski definition) is 5. The van der Waals surface area contributed by atoms with Gasteiger partial charge in [0.1, 0.15) is 10.8 Å². The van der Waals surface area contributed by atoms with Crippen molar-refractivity contribution >= 4 is 23.0 Å². The summed E-state index contributed by atoms with van der Waals surface area (Å²) < 4.78 is 6.55. The monoisotopic (exact) mass is 396 g/mol. The predicted molar refractivity (Wildman–Crippen MR) is 112 cm³/mol. The van der Waals surface area contributed by atoms with Crippen LogP contribution in [0.3, 0.4) is 0 Å². The summed E-state index contributed by atoms with van der Waals surface area (Å²) in [6.45, 7) is 3.21. The number of benzene rings is 2. The van der Waals surface area contributed by atoms with Gasteiger partial charge >= 0.3 is 0 Å². The highest BCUT2D eigenvalue weighted by molar-refractivity contribution is 6.33. The Morgan fingerprint density at radius 1 is 0.893 bits per heavy atom. The fourth-order valence-corrected chi connectivity index (χ4v) is 3.64. The molecule has 7 heteroatoms. The molecule has 2 heterocycles. The van der Waals surface area contributed by atoms with Crippen molar-refractivity contribution < 1.29 is 4.74 Å². The van der Waals surface area contributed by atoms with Gasteiger partial charge in [-0.05, 0) is 36.4 Å². The van der Waals surface area contributed by atoms with Crippen LogP contribution in [-0.2, 0) is 0 Å². The van der Waals surface area contributed by atoms with Crippen LogP contribution in [0.4, 0.5) is 11.4 Å². The summed E-state index contributed by atoms with van der Waals surface area (Å²) in [6.07, 6.45) is 1.68. The average molecular weight is 397 g/mol. The Hall–Kier alpha value is -2.99. The zero-order chi connectivity index (χ0) is 19.5. The lowest BCUT2D eigenvalue weighted by molar-refractivity contribution is 0.415. The summed E-state index contributed by atoms with van der Waals surface area (Å²) in [6, 6.07) is 17.3. The number of nitrogens with zero attached hydrogens (tertiary/aromatic N) is 4. The molecule has 3 aromatic rings. The van der Waals surface area contributed by atoms with Crippen LogP contribution >= 0.6 is 11.6 Å². The number of methoxy groups -OCH3 is 1. The SMILES string of the molecule is COc1ccc(N2CCN(c3cnn(-c4ccccc4)c(=O)c3Cl)CC2)cc1. The number of aromatic nitrogens is 2. The van der Waals surface area contributed by atoms with E-state index in [2.05, 4.69) is 27.0 Å². The van der Waals surface area contributed by atoms with Crippen LogP contribution in [0, 0.1) is 0 Å². The van der Waals surface area contributed by atoms with Gasteiger partial charge in [-0.15, -0.1) is 0 Å². The van der Waals surface area contributed by atoms with E-state index in [4.69, 9.17) is 16.3 Å². The van der Waals surface area contributed by atoms with E-state index in [0.717, 1.165) is 37.6 Å². The van der Waals surface area contributed by atoms with Gasteiger partial charge in [0.2, 0.25) is 0 Å². The molecule has 0 spiro atoms. The lowest BCUT2D eigenvalue weighted by Crippen LogP contribution is -2.47. The van der Waals surface area contributed by atoms with Crippen molar-refractivity contribution in [2.24, 2.45) is 0 Å². The van der Waals surface area contributed by atoms with Crippen LogP contribution in [0.1, 0.15) is 0 Å². The lowest BCUT2D eigenvalue weighted by Gasteiger charge is -2.37. The summed E-state index contributed by atoms with van der Waals surface area (Å²) in [7, 11) is 1.66. The van der Waals surface area contributed by atoms with Crippen molar-refractivity contribution in [3.05, 3.63) is 76.2 Å². The number of hydrogen-bond donors (Lipinski definition) is 0. The van der Waals surface area contributed by atoms with E-state index in [1.807, 2.05) is 42.5 Å². The van der Waals surface area contributed by atoms with Crippen LogP contribution in [-0.4, -0.2) is 43.1 Å². The minimum Gasteiger partial charge on any atom is -0.497 e. The number of anilines is 2. The first-order chi connectivity index (χ1) is 13.7. The van der Waals surface area contributed by atoms with Gasteiger partial charge in [-0.2, -0.15) is 9.78 Å². The summed E-state index contributed by atoms with van der Waals surface area (Å²) in [5.41, 5.74) is 2.24. The smallest absolute Gasteiger partial charge is 0.292 e. The Balaban J connectivity index is 1.50. The number of ether oxygens (including phenoxy) is 1. The Bertz CT molecular complexity index is 997. The molecule has 0 radical (unpaired) electrons. The quantitative estimate of drug-likeness (QED) is 0.677. The standard InChI is InChI=1S/C21H21ClN4O2/c1-28-18-9-7-16(8-10-18)24-11-13-25(14-12-24)19-15-23-26(21(27)20(19)22)17-5-3-2-4-6-17/h2-10,15H,11-14H2,1H3. The Labute approximate surface area is 168 Å². The summed E-state index contributed by atoms with van der Waals surface area (Å²) in [4.78, 5) is 17.1. The van der Waals surface area contributed by atoms with Crippen molar-refractivity contribution in [1.82, 2.24) is 9.78 Å². The van der Waals surface area contributed by atoms with E-state index in [1.165, 1.54) is 4.68 Å². The number of halogens is 1.